The van der Waals surface area contributed by atoms with Crippen molar-refractivity contribution in [3.63, 3.8) is 0 Å². The molecule has 8 nitrogen and oxygen atoms in total. The van der Waals surface area contributed by atoms with Crippen molar-refractivity contribution in [2.75, 3.05) is 11.9 Å². The fourth-order valence-electron chi connectivity index (χ4n) is 4.81. The zero-order valence-electron chi connectivity index (χ0n) is 18.8. The number of carbonyl (C=O) groups is 2. The summed E-state index contributed by atoms with van der Waals surface area (Å²) in [6.45, 7) is 0.538. The Balaban J connectivity index is 1.41. The summed E-state index contributed by atoms with van der Waals surface area (Å²) in [7, 11) is 0. The topological polar surface area (TPSA) is 125 Å². The highest BCUT2D eigenvalue weighted by molar-refractivity contribution is 5.97. The van der Waals surface area contributed by atoms with Gasteiger partial charge in [0.2, 0.25) is 5.91 Å². The van der Waals surface area contributed by atoms with Crippen LogP contribution in [0.3, 0.4) is 0 Å². The molecule has 1 amide bonds. The van der Waals surface area contributed by atoms with E-state index in [2.05, 4.69) is 21.6 Å². The van der Waals surface area contributed by atoms with Crippen molar-refractivity contribution in [3.8, 4) is 23.1 Å². The second kappa shape index (κ2) is 9.03. The number of carbonyl (C=O) groups excluding carboxylic acids is 1. The number of ether oxygens (including phenoxy) is 1. The second-order valence-electron chi connectivity index (χ2n) is 8.75. The van der Waals surface area contributed by atoms with Gasteiger partial charge in [0.25, 0.3) is 0 Å². The summed E-state index contributed by atoms with van der Waals surface area (Å²) in [5.74, 6) is -0.620. The van der Waals surface area contributed by atoms with Gasteiger partial charge in [-0.25, -0.2) is 4.79 Å². The van der Waals surface area contributed by atoms with Gasteiger partial charge < -0.3 is 15.2 Å². The standard InChI is InChI=1S/C27H22N4O4/c28-16-17-6-7-18(3-1-5-25(32)33)23(13-17)30-26(34)21-15-27(21)10-12-35-24-9-8-19(14-20(24)27)22-4-2-11-29-31-22/h1-2,4-9,11,13-14,21H,3,10,12,15H2,(H,30,34)(H,32,33)/t21-,27-/m0/s1. The average molecular weight is 466 g/mol. The van der Waals surface area contributed by atoms with Gasteiger partial charge in [-0.05, 0) is 67.3 Å². The van der Waals surface area contributed by atoms with Gasteiger partial charge in [0.05, 0.1) is 23.9 Å². The van der Waals surface area contributed by atoms with Gasteiger partial charge in [-0.1, -0.05) is 12.1 Å². The first-order valence-electron chi connectivity index (χ1n) is 11.3. The summed E-state index contributed by atoms with van der Waals surface area (Å²) >= 11 is 0. The number of nitriles is 1. The molecule has 35 heavy (non-hydrogen) atoms. The Kier molecular flexibility index (Phi) is 5.75. The van der Waals surface area contributed by atoms with Crippen molar-refractivity contribution in [2.45, 2.75) is 24.7 Å². The molecule has 0 bridgehead atoms. The van der Waals surface area contributed by atoms with Crippen molar-refractivity contribution in [3.05, 3.63) is 83.6 Å². The van der Waals surface area contributed by atoms with Crippen LogP contribution in [0, 0.1) is 17.2 Å². The molecule has 0 saturated heterocycles. The molecule has 8 heteroatoms. The van der Waals surface area contributed by atoms with Gasteiger partial charge in [0, 0.05) is 40.4 Å². The fourth-order valence-corrected chi connectivity index (χ4v) is 4.81. The fraction of sp³-hybridized carbons (Fsp3) is 0.222. The molecule has 1 spiro atoms. The molecule has 174 valence electrons. The highest BCUT2D eigenvalue weighted by Crippen LogP contribution is 2.61. The van der Waals surface area contributed by atoms with E-state index in [9.17, 15) is 14.9 Å². The van der Waals surface area contributed by atoms with Crippen LogP contribution in [0.15, 0.2) is 66.9 Å². The largest absolute Gasteiger partial charge is 0.493 e. The Bertz CT molecular complexity index is 1380. The van der Waals surface area contributed by atoms with Gasteiger partial charge in [-0.2, -0.15) is 15.5 Å². The zero-order valence-corrected chi connectivity index (χ0v) is 18.8. The monoisotopic (exact) mass is 466 g/mol. The van der Waals surface area contributed by atoms with E-state index < -0.39 is 5.97 Å². The van der Waals surface area contributed by atoms with Crippen LogP contribution in [-0.2, 0) is 21.4 Å². The Morgan fingerprint density at radius 2 is 2.14 bits per heavy atom. The van der Waals surface area contributed by atoms with E-state index in [4.69, 9.17) is 9.84 Å². The van der Waals surface area contributed by atoms with Crippen LogP contribution in [0.25, 0.3) is 11.3 Å². The third-order valence-electron chi connectivity index (χ3n) is 6.68. The zero-order chi connectivity index (χ0) is 24.4. The minimum atomic E-state index is -1.04. The lowest BCUT2D eigenvalue weighted by Crippen LogP contribution is -2.27. The quantitative estimate of drug-likeness (QED) is 0.528. The predicted octanol–water partition coefficient (Wildman–Crippen LogP) is 3.88. The number of carboxylic acids is 1. The molecule has 1 saturated carbocycles. The average Bonchev–Trinajstić information content (AvgIpc) is 3.60. The second-order valence-corrected chi connectivity index (χ2v) is 8.75. The normalized spacial score (nSPS) is 20.0. The maximum absolute atomic E-state index is 13.4. The predicted molar refractivity (Wildman–Crippen MR) is 128 cm³/mol. The maximum Gasteiger partial charge on any atom is 0.327 e. The number of anilines is 1. The van der Waals surface area contributed by atoms with E-state index in [1.54, 1.807) is 24.4 Å². The first kappa shape index (κ1) is 22.3. The lowest BCUT2D eigenvalue weighted by molar-refractivity contribution is -0.131. The summed E-state index contributed by atoms with van der Waals surface area (Å²) in [4.78, 5) is 24.2. The number of hydrogen-bond donors (Lipinski definition) is 2. The minimum absolute atomic E-state index is 0.124. The summed E-state index contributed by atoms with van der Waals surface area (Å²) < 4.78 is 5.89. The number of carboxylic acid groups (broad SMARTS) is 1. The summed E-state index contributed by atoms with van der Waals surface area (Å²) in [6.07, 6.45) is 5.95. The Hall–Kier alpha value is -4.51. The molecule has 2 aliphatic rings. The van der Waals surface area contributed by atoms with Crippen LogP contribution >= 0.6 is 0 Å². The highest BCUT2D eigenvalue weighted by Gasteiger charge is 2.61. The molecule has 1 aliphatic carbocycles. The van der Waals surface area contributed by atoms with E-state index >= 15 is 0 Å². The molecule has 0 unspecified atom stereocenters. The van der Waals surface area contributed by atoms with Crippen molar-refractivity contribution in [1.29, 1.82) is 5.26 Å². The first-order valence-corrected chi connectivity index (χ1v) is 11.3. The van der Waals surface area contributed by atoms with Gasteiger partial charge in [-0.3, -0.25) is 4.79 Å². The van der Waals surface area contributed by atoms with Crippen LogP contribution in [0.1, 0.15) is 29.5 Å². The van der Waals surface area contributed by atoms with Gasteiger partial charge >= 0.3 is 5.97 Å². The summed E-state index contributed by atoms with van der Waals surface area (Å²) in [6, 6.07) is 16.8. The van der Waals surface area contributed by atoms with Crippen LogP contribution < -0.4 is 10.1 Å². The van der Waals surface area contributed by atoms with Gasteiger partial charge in [-0.15, -0.1) is 0 Å². The number of allylic oxidation sites excluding steroid dienone is 1. The first-order chi connectivity index (χ1) is 17.0. The molecule has 1 aromatic heterocycles. The summed E-state index contributed by atoms with van der Waals surface area (Å²) in [5.41, 5.74) is 4.04. The smallest absolute Gasteiger partial charge is 0.327 e. The van der Waals surface area contributed by atoms with E-state index in [1.165, 1.54) is 6.08 Å². The number of nitrogens with zero attached hydrogens (tertiary/aromatic N) is 3. The molecule has 2 heterocycles. The molecule has 1 fully saturated rings. The van der Waals surface area contributed by atoms with Crippen LogP contribution in [0.4, 0.5) is 5.69 Å². The molecular formula is C27H22N4O4. The van der Waals surface area contributed by atoms with Crippen LogP contribution in [-0.4, -0.2) is 33.8 Å². The molecule has 2 atom stereocenters. The molecular weight excluding hydrogens is 444 g/mol. The molecule has 3 aromatic rings. The number of nitrogens with one attached hydrogen (secondary N) is 1. The highest BCUT2D eigenvalue weighted by atomic mass is 16.5. The molecule has 0 radical (unpaired) electrons. The van der Waals surface area contributed by atoms with Crippen LogP contribution in [0.2, 0.25) is 0 Å². The van der Waals surface area contributed by atoms with E-state index in [0.29, 0.717) is 30.7 Å². The van der Waals surface area contributed by atoms with Crippen molar-refractivity contribution in [2.24, 2.45) is 5.92 Å². The van der Waals surface area contributed by atoms with Gasteiger partial charge in [0.1, 0.15) is 5.75 Å². The van der Waals surface area contributed by atoms with Gasteiger partial charge in [0.15, 0.2) is 0 Å². The number of fused-ring (bicyclic) bond motifs is 2. The van der Waals surface area contributed by atoms with Crippen LogP contribution in [0.5, 0.6) is 5.75 Å². The number of amides is 1. The molecule has 5 rings (SSSR count). The Labute approximate surface area is 201 Å². The Morgan fingerprint density at radius 3 is 2.91 bits per heavy atom. The molecule has 2 N–H and O–H groups in total. The number of rotatable bonds is 6. The van der Waals surface area contributed by atoms with Crippen molar-refractivity contribution >= 4 is 17.6 Å². The van der Waals surface area contributed by atoms with Crippen molar-refractivity contribution < 1.29 is 19.4 Å². The third kappa shape index (κ3) is 4.36. The Morgan fingerprint density at radius 1 is 1.26 bits per heavy atom. The van der Waals surface area contributed by atoms with E-state index in [0.717, 1.165) is 40.6 Å². The SMILES string of the molecule is N#Cc1ccc(CC=CC(=O)O)c(NC(=O)[C@@H]2C[C@]23CCOc2ccc(-c4cccnn4)cc23)c1. The summed E-state index contributed by atoms with van der Waals surface area (Å²) in [5, 5.41) is 29.3. The molecule has 1 aliphatic heterocycles. The number of aliphatic carboxylic acids is 1. The third-order valence-corrected chi connectivity index (χ3v) is 6.68. The maximum atomic E-state index is 13.4. The van der Waals surface area contributed by atoms with Crippen molar-refractivity contribution in [1.82, 2.24) is 10.2 Å². The number of benzene rings is 2. The lowest BCUT2D eigenvalue weighted by Gasteiger charge is -2.27. The van der Waals surface area contributed by atoms with E-state index in [1.807, 2.05) is 30.3 Å². The number of hydrogen-bond acceptors (Lipinski definition) is 6. The number of aromatic nitrogens is 2. The minimum Gasteiger partial charge on any atom is -0.493 e. The lowest BCUT2D eigenvalue weighted by atomic mass is 9.86. The molecule has 2 aromatic carbocycles. The van der Waals surface area contributed by atoms with E-state index in [-0.39, 0.29) is 17.2 Å².